The number of hydrogen-bond acceptors (Lipinski definition) is 3. The van der Waals surface area contributed by atoms with E-state index in [4.69, 9.17) is 0 Å². The second-order valence-corrected chi connectivity index (χ2v) is 6.88. The van der Waals surface area contributed by atoms with E-state index in [-0.39, 0.29) is 5.57 Å². The van der Waals surface area contributed by atoms with Crippen LogP contribution in [0.25, 0.3) is 6.08 Å². The Kier molecular flexibility index (Phi) is 5.23. The van der Waals surface area contributed by atoms with Gasteiger partial charge in [0.25, 0.3) is 5.91 Å². The van der Waals surface area contributed by atoms with Crippen LogP contribution in [0.1, 0.15) is 27.0 Å². The number of fused-ring (bicyclic) bond motifs is 1. The molecule has 2 heterocycles. The Labute approximate surface area is 173 Å². The SMILES string of the molecule is CN1C(=O)/C(=C\c2cccc(F)c2)C(=O)c2cc(C#CCc3cccnc3)ccc21. The van der Waals surface area contributed by atoms with Gasteiger partial charge in [-0.05, 0) is 53.6 Å². The van der Waals surface area contributed by atoms with E-state index in [2.05, 4.69) is 16.8 Å². The Morgan fingerprint density at radius 3 is 2.73 bits per heavy atom. The maximum atomic E-state index is 13.5. The number of nitrogens with zero attached hydrogens (tertiary/aromatic N) is 2. The summed E-state index contributed by atoms with van der Waals surface area (Å²) in [6.07, 6.45) is 5.43. The molecule has 0 atom stereocenters. The zero-order chi connectivity index (χ0) is 21.1. The molecule has 146 valence electrons. The molecule has 4 nitrogen and oxygen atoms in total. The number of carbonyl (C=O) groups is 2. The van der Waals surface area contributed by atoms with Crippen molar-refractivity contribution in [2.75, 3.05) is 11.9 Å². The molecule has 0 aliphatic carbocycles. The van der Waals surface area contributed by atoms with Crippen LogP contribution in [0.3, 0.4) is 0 Å². The van der Waals surface area contributed by atoms with Gasteiger partial charge in [-0.2, -0.15) is 0 Å². The highest BCUT2D eigenvalue weighted by molar-refractivity contribution is 6.36. The number of benzene rings is 2. The molecule has 0 N–H and O–H groups in total. The number of rotatable bonds is 2. The van der Waals surface area contributed by atoms with Crippen LogP contribution in [0, 0.1) is 17.7 Å². The quantitative estimate of drug-likeness (QED) is 0.373. The van der Waals surface area contributed by atoms with Crippen molar-refractivity contribution in [2.45, 2.75) is 6.42 Å². The van der Waals surface area contributed by atoms with E-state index in [1.807, 2.05) is 12.1 Å². The smallest absolute Gasteiger partial charge is 0.262 e. The Morgan fingerprint density at radius 2 is 1.97 bits per heavy atom. The summed E-state index contributed by atoms with van der Waals surface area (Å²) in [6.45, 7) is 0. The fourth-order valence-electron chi connectivity index (χ4n) is 3.26. The zero-order valence-electron chi connectivity index (χ0n) is 16.2. The number of anilines is 1. The summed E-state index contributed by atoms with van der Waals surface area (Å²) in [5.41, 5.74) is 3.06. The first-order valence-corrected chi connectivity index (χ1v) is 9.35. The summed E-state index contributed by atoms with van der Waals surface area (Å²) in [4.78, 5) is 31.2. The van der Waals surface area contributed by atoms with Crippen LogP contribution < -0.4 is 4.90 Å². The predicted molar refractivity (Wildman–Crippen MR) is 113 cm³/mol. The number of hydrogen-bond donors (Lipinski definition) is 0. The maximum absolute atomic E-state index is 13.5. The molecular weight excluding hydrogens is 379 g/mol. The molecule has 5 heteroatoms. The third-order valence-electron chi connectivity index (χ3n) is 4.79. The molecule has 0 fully saturated rings. The van der Waals surface area contributed by atoms with Crippen molar-refractivity contribution in [3.05, 3.63) is 101 Å². The number of Topliss-reactive ketones (excluding diaryl/α,β-unsaturated/α-hetero) is 1. The Hall–Kier alpha value is -4.04. The highest BCUT2D eigenvalue weighted by atomic mass is 19.1. The second-order valence-electron chi connectivity index (χ2n) is 6.88. The van der Waals surface area contributed by atoms with Crippen LogP contribution in [-0.2, 0) is 11.2 Å². The molecule has 0 unspecified atom stereocenters. The molecule has 2 aromatic carbocycles. The van der Waals surface area contributed by atoms with Crippen LogP contribution in [0.2, 0.25) is 0 Å². The summed E-state index contributed by atoms with van der Waals surface area (Å²) in [5.74, 6) is 4.89. The lowest BCUT2D eigenvalue weighted by molar-refractivity contribution is -0.114. The fraction of sp³-hybridized carbons (Fsp3) is 0.0800. The number of pyridine rings is 1. The average Bonchev–Trinajstić information content (AvgIpc) is 2.76. The molecule has 4 rings (SSSR count). The zero-order valence-corrected chi connectivity index (χ0v) is 16.2. The number of halogens is 1. The first-order chi connectivity index (χ1) is 14.5. The van der Waals surface area contributed by atoms with E-state index in [9.17, 15) is 14.0 Å². The molecule has 0 saturated heterocycles. The summed E-state index contributed by atoms with van der Waals surface area (Å²) in [6, 6.07) is 14.8. The first kappa shape index (κ1) is 19.3. The lowest BCUT2D eigenvalue weighted by Crippen LogP contribution is -2.36. The Bertz CT molecular complexity index is 1240. The third kappa shape index (κ3) is 3.89. The summed E-state index contributed by atoms with van der Waals surface area (Å²) in [7, 11) is 1.61. The summed E-state index contributed by atoms with van der Waals surface area (Å²) < 4.78 is 13.5. The van der Waals surface area contributed by atoms with Gasteiger partial charge in [-0.3, -0.25) is 14.6 Å². The van der Waals surface area contributed by atoms with Gasteiger partial charge >= 0.3 is 0 Å². The summed E-state index contributed by atoms with van der Waals surface area (Å²) >= 11 is 0. The maximum Gasteiger partial charge on any atom is 0.262 e. The molecule has 1 aliphatic rings. The van der Waals surface area contributed by atoms with Gasteiger partial charge in [-0.15, -0.1) is 0 Å². The third-order valence-corrected chi connectivity index (χ3v) is 4.79. The largest absolute Gasteiger partial charge is 0.311 e. The van der Waals surface area contributed by atoms with E-state index >= 15 is 0 Å². The van der Waals surface area contributed by atoms with Gasteiger partial charge in [-0.25, -0.2) is 4.39 Å². The van der Waals surface area contributed by atoms with Crippen LogP contribution in [0.4, 0.5) is 10.1 Å². The van der Waals surface area contributed by atoms with Crippen LogP contribution in [0.15, 0.2) is 72.6 Å². The number of ketones is 1. The van der Waals surface area contributed by atoms with E-state index in [1.54, 1.807) is 43.7 Å². The number of likely N-dealkylation sites (N-methyl/N-ethyl adjacent to an activating group) is 1. The predicted octanol–water partition coefficient (Wildman–Crippen LogP) is 4.06. The van der Waals surface area contributed by atoms with Crippen molar-refractivity contribution >= 4 is 23.5 Å². The minimum Gasteiger partial charge on any atom is -0.311 e. The van der Waals surface area contributed by atoms with Gasteiger partial charge in [0.15, 0.2) is 0 Å². The standard InChI is InChI=1S/C25H17FN2O2/c1-28-23-11-10-17(5-2-6-18-8-4-12-27-16-18)14-21(23)24(29)22(25(28)30)15-19-7-3-9-20(26)13-19/h3-4,7-16H,6H2,1H3/b22-15-. The van der Waals surface area contributed by atoms with Crippen LogP contribution in [-0.4, -0.2) is 23.7 Å². The minimum absolute atomic E-state index is 0.00364. The minimum atomic E-state index is -0.431. The van der Waals surface area contributed by atoms with Crippen molar-refractivity contribution in [1.29, 1.82) is 0 Å². The molecule has 1 aromatic heterocycles. The van der Waals surface area contributed by atoms with Gasteiger partial charge in [0.1, 0.15) is 5.82 Å². The van der Waals surface area contributed by atoms with E-state index in [1.165, 1.54) is 29.2 Å². The van der Waals surface area contributed by atoms with Gasteiger partial charge in [0.05, 0.1) is 11.3 Å². The molecule has 0 radical (unpaired) electrons. The number of amides is 1. The van der Waals surface area contributed by atoms with Crippen molar-refractivity contribution in [2.24, 2.45) is 0 Å². The van der Waals surface area contributed by atoms with Crippen molar-refractivity contribution < 1.29 is 14.0 Å². The van der Waals surface area contributed by atoms with E-state index in [0.29, 0.717) is 28.8 Å². The summed E-state index contributed by atoms with van der Waals surface area (Å²) in [5, 5.41) is 0. The van der Waals surface area contributed by atoms with Crippen LogP contribution >= 0.6 is 0 Å². The van der Waals surface area contributed by atoms with Gasteiger partial charge in [0, 0.05) is 37.0 Å². The van der Waals surface area contributed by atoms with Gasteiger partial charge in [-0.1, -0.05) is 30.0 Å². The fourth-order valence-corrected chi connectivity index (χ4v) is 3.26. The first-order valence-electron chi connectivity index (χ1n) is 9.35. The molecule has 0 spiro atoms. The Balaban J connectivity index is 1.67. The molecule has 30 heavy (non-hydrogen) atoms. The number of carbonyl (C=O) groups excluding carboxylic acids is 2. The highest BCUT2D eigenvalue weighted by Gasteiger charge is 2.32. The molecule has 1 amide bonds. The van der Waals surface area contributed by atoms with Gasteiger partial charge < -0.3 is 4.90 Å². The van der Waals surface area contributed by atoms with E-state index in [0.717, 1.165) is 5.56 Å². The molecule has 0 bridgehead atoms. The molecular formula is C25H17FN2O2. The number of aromatic nitrogens is 1. The van der Waals surface area contributed by atoms with Crippen molar-refractivity contribution in [3.63, 3.8) is 0 Å². The highest BCUT2D eigenvalue weighted by Crippen LogP contribution is 2.31. The van der Waals surface area contributed by atoms with Gasteiger partial charge in [0.2, 0.25) is 5.78 Å². The topological polar surface area (TPSA) is 50.3 Å². The van der Waals surface area contributed by atoms with Crippen molar-refractivity contribution in [1.82, 2.24) is 4.98 Å². The Morgan fingerprint density at radius 1 is 1.10 bits per heavy atom. The van der Waals surface area contributed by atoms with Crippen molar-refractivity contribution in [3.8, 4) is 11.8 Å². The van der Waals surface area contributed by atoms with E-state index < -0.39 is 17.5 Å². The molecule has 0 saturated carbocycles. The molecule has 1 aliphatic heterocycles. The lowest BCUT2D eigenvalue weighted by atomic mass is 9.92. The normalized spacial score (nSPS) is 14.3. The average molecular weight is 396 g/mol. The van der Waals surface area contributed by atoms with Crippen LogP contribution in [0.5, 0.6) is 0 Å². The second kappa shape index (κ2) is 8.14. The molecule has 3 aromatic rings. The monoisotopic (exact) mass is 396 g/mol. The lowest BCUT2D eigenvalue weighted by Gasteiger charge is -2.26.